The molecule has 0 saturated carbocycles. The van der Waals surface area contributed by atoms with Gasteiger partial charge in [-0.1, -0.05) is 12.1 Å². The van der Waals surface area contributed by atoms with Gasteiger partial charge in [-0.2, -0.15) is 0 Å². The Morgan fingerprint density at radius 3 is 2.52 bits per heavy atom. The van der Waals surface area contributed by atoms with Crippen LogP contribution in [0.2, 0.25) is 0 Å². The zero-order valence-corrected chi connectivity index (χ0v) is 16.3. The number of nitrogens with one attached hydrogen (secondary N) is 1. The van der Waals surface area contributed by atoms with Gasteiger partial charge < -0.3 is 10.5 Å². The molecule has 0 fully saturated rings. The van der Waals surface area contributed by atoms with Crippen molar-refractivity contribution in [3.63, 3.8) is 0 Å². The highest BCUT2D eigenvalue weighted by Crippen LogP contribution is 2.30. The van der Waals surface area contributed by atoms with E-state index >= 15 is 0 Å². The molecule has 0 bridgehead atoms. The van der Waals surface area contributed by atoms with Crippen LogP contribution in [-0.4, -0.2) is 23.4 Å². The minimum absolute atomic E-state index is 0.190. The molecule has 3 N–H and O–H groups in total. The number of hydrogen-bond acceptors (Lipinski definition) is 5. The zero-order valence-electron chi connectivity index (χ0n) is 15.5. The summed E-state index contributed by atoms with van der Waals surface area (Å²) in [6, 6.07) is 12.9. The largest absolute Gasteiger partial charge is 0.484 e. The van der Waals surface area contributed by atoms with Crippen LogP contribution in [0.3, 0.4) is 0 Å². The number of primary amides is 1. The Hall–Kier alpha value is -3.52. The van der Waals surface area contributed by atoms with E-state index in [1.54, 1.807) is 42.5 Å². The highest BCUT2D eigenvalue weighted by Gasteiger charge is 2.11. The maximum Gasteiger partial charge on any atom is 0.255 e. The van der Waals surface area contributed by atoms with Gasteiger partial charge >= 0.3 is 0 Å². The average Bonchev–Trinajstić information content (AvgIpc) is 3.06. The summed E-state index contributed by atoms with van der Waals surface area (Å²) < 4.78 is 18.3. The summed E-state index contributed by atoms with van der Waals surface area (Å²) in [4.78, 5) is 28.2. The van der Waals surface area contributed by atoms with Crippen molar-refractivity contribution in [1.82, 2.24) is 4.98 Å². The van der Waals surface area contributed by atoms with Crippen LogP contribution < -0.4 is 15.8 Å². The van der Waals surface area contributed by atoms with E-state index in [9.17, 15) is 14.0 Å². The Labute approximate surface area is 170 Å². The lowest BCUT2D eigenvalue weighted by atomic mass is 10.1. The van der Waals surface area contributed by atoms with E-state index in [0.717, 1.165) is 16.0 Å². The van der Waals surface area contributed by atoms with Gasteiger partial charge in [0.05, 0.1) is 5.69 Å². The molecule has 6 nitrogen and oxygen atoms in total. The van der Waals surface area contributed by atoms with Crippen LogP contribution >= 0.6 is 11.3 Å². The molecule has 0 radical (unpaired) electrons. The maximum absolute atomic E-state index is 13.1. The first-order chi connectivity index (χ1) is 13.9. The Balaban J connectivity index is 1.61. The van der Waals surface area contributed by atoms with Gasteiger partial charge in [-0.15, -0.1) is 11.3 Å². The van der Waals surface area contributed by atoms with Gasteiger partial charge in [0.15, 0.2) is 11.7 Å². The fraction of sp³-hybridized carbons (Fsp3) is 0.0952. The number of amides is 2. The van der Waals surface area contributed by atoms with E-state index < -0.39 is 5.91 Å². The van der Waals surface area contributed by atoms with Crippen LogP contribution in [0.1, 0.15) is 10.4 Å². The van der Waals surface area contributed by atoms with E-state index in [4.69, 9.17) is 10.5 Å². The zero-order chi connectivity index (χ0) is 20.8. The van der Waals surface area contributed by atoms with Crippen LogP contribution in [0.4, 0.5) is 9.52 Å². The summed E-state index contributed by atoms with van der Waals surface area (Å²) in [5.41, 5.74) is 7.31. The van der Waals surface area contributed by atoms with Crippen LogP contribution in [0, 0.1) is 12.7 Å². The predicted octanol–water partition coefficient (Wildman–Crippen LogP) is 3.77. The molecule has 0 atom stereocenters. The molecule has 2 amide bonds. The highest BCUT2D eigenvalue weighted by atomic mass is 32.1. The summed E-state index contributed by atoms with van der Waals surface area (Å²) in [7, 11) is 0. The van der Waals surface area contributed by atoms with Gasteiger partial charge in [0, 0.05) is 16.5 Å². The van der Waals surface area contributed by atoms with Crippen molar-refractivity contribution in [3.8, 4) is 17.0 Å². The monoisotopic (exact) mass is 411 g/mol. The number of rotatable bonds is 7. The SMILES string of the molecule is Cc1sc(NC(=O)/C=C/c2ccc(OCC(N)=O)cc2)nc1-c1ccc(F)cc1. The third kappa shape index (κ3) is 5.73. The first-order valence-electron chi connectivity index (χ1n) is 8.64. The lowest BCUT2D eigenvalue weighted by Gasteiger charge is -2.03. The van der Waals surface area contributed by atoms with Gasteiger partial charge in [-0.3, -0.25) is 14.9 Å². The number of carbonyl (C=O) groups is 2. The number of hydrogen-bond donors (Lipinski definition) is 2. The number of halogens is 1. The van der Waals surface area contributed by atoms with Crippen molar-refractivity contribution in [3.05, 3.63) is 70.9 Å². The van der Waals surface area contributed by atoms with E-state index in [2.05, 4.69) is 10.3 Å². The van der Waals surface area contributed by atoms with Crippen LogP contribution in [-0.2, 0) is 9.59 Å². The molecule has 1 heterocycles. The second-order valence-electron chi connectivity index (χ2n) is 6.08. The van der Waals surface area contributed by atoms with E-state index in [-0.39, 0.29) is 18.3 Å². The number of nitrogens with zero attached hydrogens (tertiary/aromatic N) is 1. The quantitative estimate of drug-likeness (QED) is 0.579. The molecule has 0 aliphatic heterocycles. The minimum atomic E-state index is -0.550. The molecular weight excluding hydrogens is 393 g/mol. The number of aryl methyl sites for hydroxylation is 1. The number of thiazole rings is 1. The molecule has 0 unspecified atom stereocenters. The second-order valence-corrected chi connectivity index (χ2v) is 7.28. The van der Waals surface area contributed by atoms with Gasteiger partial charge in [0.25, 0.3) is 5.91 Å². The summed E-state index contributed by atoms with van der Waals surface area (Å²) in [5, 5.41) is 3.19. The summed E-state index contributed by atoms with van der Waals surface area (Å²) in [6.45, 7) is 1.70. The van der Waals surface area contributed by atoms with Crippen molar-refractivity contribution < 1.29 is 18.7 Å². The van der Waals surface area contributed by atoms with E-state index in [0.29, 0.717) is 16.6 Å². The molecule has 0 aliphatic carbocycles. The van der Waals surface area contributed by atoms with Crippen LogP contribution in [0.5, 0.6) is 5.75 Å². The van der Waals surface area contributed by atoms with Crippen molar-refractivity contribution >= 4 is 34.4 Å². The molecule has 3 aromatic rings. The number of aromatic nitrogens is 1. The Morgan fingerprint density at radius 1 is 1.17 bits per heavy atom. The van der Waals surface area contributed by atoms with Gasteiger partial charge in [-0.25, -0.2) is 9.37 Å². The Morgan fingerprint density at radius 2 is 1.86 bits per heavy atom. The third-order valence-electron chi connectivity index (χ3n) is 3.83. The van der Waals surface area contributed by atoms with Gasteiger partial charge in [0.1, 0.15) is 11.6 Å². The number of anilines is 1. The molecular formula is C21H18FN3O3S. The van der Waals surface area contributed by atoms with Crippen molar-refractivity contribution in [2.75, 3.05) is 11.9 Å². The van der Waals surface area contributed by atoms with Crippen molar-refractivity contribution in [1.29, 1.82) is 0 Å². The molecule has 29 heavy (non-hydrogen) atoms. The molecule has 8 heteroatoms. The normalized spacial score (nSPS) is 10.8. The summed E-state index contributed by atoms with van der Waals surface area (Å²) in [5.74, 6) is -0.672. The lowest BCUT2D eigenvalue weighted by Crippen LogP contribution is -2.19. The molecule has 1 aromatic heterocycles. The number of nitrogens with two attached hydrogens (primary N) is 1. The summed E-state index contributed by atoms with van der Waals surface area (Å²) in [6.07, 6.45) is 3.04. The first-order valence-corrected chi connectivity index (χ1v) is 9.46. The lowest BCUT2D eigenvalue weighted by molar-refractivity contribution is -0.120. The van der Waals surface area contributed by atoms with E-state index in [1.807, 2.05) is 6.92 Å². The molecule has 0 aliphatic rings. The minimum Gasteiger partial charge on any atom is -0.484 e. The molecule has 3 rings (SSSR count). The third-order valence-corrected chi connectivity index (χ3v) is 4.72. The van der Waals surface area contributed by atoms with E-state index in [1.165, 1.54) is 29.5 Å². The Kier molecular flexibility index (Phi) is 6.36. The molecule has 0 saturated heterocycles. The highest BCUT2D eigenvalue weighted by molar-refractivity contribution is 7.16. The number of ether oxygens (including phenoxy) is 1. The van der Waals surface area contributed by atoms with Crippen LogP contribution in [0.15, 0.2) is 54.6 Å². The molecule has 2 aromatic carbocycles. The smallest absolute Gasteiger partial charge is 0.255 e. The number of benzene rings is 2. The van der Waals surface area contributed by atoms with Crippen molar-refractivity contribution in [2.24, 2.45) is 5.73 Å². The maximum atomic E-state index is 13.1. The molecule has 148 valence electrons. The molecule has 0 spiro atoms. The topological polar surface area (TPSA) is 94.3 Å². The standard InChI is InChI=1S/C21H18FN3O3S/c1-13-20(15-5-7-16(22)8-6-15)25-21(29-13)24-19(27)11-4-14-2-9-17(10-3-14)28-12-18(23)26/h2-11H,12H2,1H3,(H2,23,26)(H,24,25,27)/b11-4+. The Bertz CT molecular complexity index is 1040. The summed E-state index contributed by atoms with van der Waals surface area (Å²) >= 11 is 1.35. The van der Waals surface area contributed by atoms with Crippen molar-refractivity contribution in [2.45, 2.75) is 6.92 Å². The fourth-order valence-corrected chi connectivity index (χ4v) is 3.31. The van der Waals surface area contributed by atoms with Gasteiger partial charge in [-0.05, 0) is 55.0 Å². The first kappa shape index (κ1) is 20.2. The van der Waals surface area contributed by atoms with Gasteiger partial charge in [0.2, 0.25) is 5.91 Å². The predicted molar refractivity (Wildman–Crippen MR) is 111 cm³/mol. The number of carbonyl (C=O) groups excluding carboxylic acids is 2. The average molecular weight is 411 g/mol. The second kappa shape index (κ2) is 9.11. The van der Waals surface area contributed by atoms with Crippen LogP contribution in [0.25, 0.3) is 17.3 Å². The fourth-order valence-electron chi connectivity index (χ4n) is 2.47.